The van der Waals surface area contributed by atoms with Gasteiger partial charge in [-0.2, -0.15) is 0 Å². The molecule has 4 nitrogen and oxygen atoms in total. The van der Waals surface area contributed by atoms with Crippen molar-refractivity contribution >= 4 is 61.4 Å². The summed E-state index contributed by atoms with van der Waals surface area (Å²) in [4.78, 5) is 16.6. The van der Waals surface area contributed by atoms with E-state index >= 15 is 0 Å². The first-order valence-electron chi connectivity index (χ1n) is 7.89. The van der Waals surface area contributed by atoms with Gasteiger partial charge in [-0.3, -0.25) is 0 Å². The highest BCUT2D eigenvalue weighted by Gasteiger charge is 2.26. The summed E-state index contributed by atoms with van der Waals surface area (Å²) in [5.41, 5.74) is 1.48. The number of carbonyl (C=O) groups is 1. The van der Waals surface area contributed by atoms with E-state index in [-0.39, 0.29) is 11.6 Å². The van der Waals surface area contributed by atoms with E-state index in [1.807, 2.05) is 19.1 Å². The van der Waals surface area contributed by atoms with Gasteiger partial charge in [0, 0.05) is 10.0 Å². The summed E-state index contributed by atoms with van der Waals surface area (Å²) in [5, 5.41) is 0.470. The number of ether oxygens (including phenoxy) is 2. The molecule has 26 heavy (non-hydrogen) atoms. The van der Waals surface area contributed by atoms with Crippen molar-refractivity contribution in [1.29, 1.82) is 0 Å². The number of carbonyl (C=O) groups excluding carboxylic acids is 1. The molecule has 0 aliphatic carbocycles. The van der Waals surface area contributed by atoms with Gasteiger partial charge in [-0.05, 0) is 52.7 Å². The lowest BCUT2D eigenvalue weighted by Gasteiger charge is -2.11. The minimum Gasteiger partial charge on any atom is -0.492 e. The first-order valence-corrected chi connectivity index (χ1v) is 9.85. The second-order valence-electron chi connectivity index (χ2n) is 5.47. The van der Waals surface area contributed by atoms with Crippen LogP contribution in [0.2, 0.25) is 5.02 Å². The molecule has 1 aliphatic rings. The van der Waals surface area contributed by atoms with E-state index in [9.17, 15) is 4.79 Å². The van der Waals surface area contributed by atoms with Crippen LogP contribution in [0.25, 0.3) is 6.08 Å². The van der Waals surface area contributed by atoms with Gasteiger partial charge in [0.05, 0.1) is 21.7 Å². The van der Waals surface area contributed by atoms with E-state index in [0.717, 1.165) is 20.9 Å². The predicted molar refractivity (Wildman–Crippen MR) is 110 cm³/mol. The lowest BCUT2D eigenvalue weighted by Crippen LogP contribution is -2.05. The Morgan fingerprint density at radius 2 is 2.04 bits per heavy atom. The minimum absolute atomic E-state index is 0.186. The quantitative estimate of drug-likeness (QED) is 0.375. The fraction of sp³-hybridized carbons (Fsp3) is 0.158. The molecule has 0 radical (unpaired) electrons. The molecule has 0 amide bonds. The van der Waals surface area contributed by atoms with Crippen LogP contribution in [0, 0.1) is 0 Å². The zero-order valence-corrected chi connectivity index (χ0v) is 17.7. The number of rotatable bonds is 5. The van der Waals surface area contributed by atoms with E-state index in [1.165, 1.54) is 0 Å². The average Bonchev–Trinajstić information content (AvgIpc) is 2.95. The highest BCUT2D eigenvalue weighted by atomic mass is 79.9. The minimum atomic E-state index is -0.530. The summed E-state index contributed by atoms with van der Waals surface area (Å²) >= 11 is 13.1. The predicted octanol–water partition coefficient (Wildman–Crippen LogP) is 6.00. The lowest BCUT2D eigenvalue weighted by atomic mass is 10.1. The number of hydrogen-bond donors (Lipinski definition) is 0. The van der Waals surface area contributed by atoms with Gasteiger partial charge < -0.3 is 9.47 Å². The van der Waals surface area contributed by atoms with Crippen LogP contribution in [0.5, 0.6) is 5.75 Å². The van der Waals surface area contributed by atoms with Crippen LogP contribution in [-0.2, 0) is 9.53 Å². The number of hydrogen-bond acceptors (Lipinski definition) is 4. The van der Waals surface area contributed by atoms with Gasteiger partial charge in [-0.1, -0.05) is 46.6 Å². The molecule has 2 aromatic carbocycles. The zero-order chi connectivity index (χ0) is 18.7. The molecule has 0 spiro atoms. The van der Waals surface area contributed by atoms with E-state index in [2.05, 4.69) is 36.9 Å². The Balaban J connectivity index is 2.02. The van der Waals surface area contributed by atoms with Crippen molar-refractivity contribution in [3.63, 3.8) is 0 Å². The molecule has 3 rings (SSSR count). The second-order valence-corrected chi connectivity index (χ2v) is 7.65. The van der Waals surface area contributed by atoms with Crippen molar-refractivity contribution in [3.8, 4) is 5.75 Å². The van der Waals surface area contributed by atoms with Crippen LogP contribution >= 0.6 is 43.5 Å². The average molecular weight is 500 g/mol. The van der Waals surface area contributed by atoms with Crippen LogP contribution in [0.4, 0.5) is 0 Å². The molecule has 1 aliphatic heterocycles. The normalized spacial score (nSPS) is 15.2. The molecular weight excluding hydrogens is 485 g/mol. The molecule has 0 atom stereocenters. The molecule has 0 bridgehead atoms. The highest BCUT2D eigenvalue weighted by Crippen LogP contribution is 2.35. The molecule has 1 heterocycles. The largest absolute Gasteiger partial charge is 0.492 e. The molecule has 0 saturated carbocycles. The fourth-order valence-corrected chi connectivity index (χ4v) is 3.94. The Bertz CT molecular complexity index is 925. The summed E-state index contributed by atoms with van der Waals surface area (Å²) < 4.78 is 12.7. The van der Waals surface area contributed by atoms with Gasteiger partial charge in [0.2, 0.25) is 5.90 Å². The molecule has 7 heteroatoms. The zero-order valence-electron chi connectivity index (χ0n) is 13.8. The van der Waals surface area contributed by atoms with Gasteiger partial charge in [-0.15, -0.1) is 0 Å². The van der Waals surface area contributed by atoms with Crippen LogP contribution < -0.4 is 4.74 Å². The molecule has 0 saturated heterocycles. The molecule has 0 aromatic heterocycles. The van der Waals surface area contributed by atoms with Crippen LogP contribution in [0.15, 0.2) is 56.0 Å². The molecule has 0 N–H and O–H groups in total. The maximum atomic E-state index is 12.3. The van der Waals surface area contributed by atoms with Crippen molar-refractivity contribution in [2.75, 3.05) is 6.61 Å². The van der Waals surface area contributed by atoms with Gasteiger partial charge in [-0.25, -0.2) is 9.79 Å². The molecule has 0 fully saturated rings. The van der Waals surface area contributed by atoms with Crippen molar-refractivity contribution in [1.82, 2.24) is 0 Å². The van der Waals surface area contributed by atoms with Crippen LogP contribution in [0.3, 0.4) is 0 Å². The van der Waals surface area contributed by atoms with Gasteiger partial charge in [0.25, 0.3) is 0 Å². The number of benzene rings is 2. The Morgan fingerprint density at radius 1 is 1.27 bits per heavy atom. The lowest BCUT2D eigenvalue weighted by molar-refractivity contribution is -0.129. The van der Waals surface area contributed by atoms with Crippen LogP contribution in [-0.4, -0.2) is 18.5 Å². The van der Waals surface area contributed by atoms with Crippen LogP contribution in [0.1, 0.15) is 24.5 Å². The molecule has 0 unspecified atom stereocenters. The first-order chi connectivity index (χ1) is 12.5. The van der Waals surface area contributed by atoms with Gasteiger partial charge in [0.1, 0.15) is 5.75 Å². The van der Waals surface area contributed by atoms with E-state index in [4.69, 9.17) is 21.1 Å². The SMILES string of the molecule is CCCOc1c(Br)cc(Br)cc1/C=C1\N=C(c2ccccc2Cl)OC1=O. The molecule has 2 aromatic rings. The monoisotopic (exact) mass is 497 g/mol. The topological polar surface area (TPSA) is 47.9 Å². The first kappa shape index (κ1) is 19.1. The maximum Gasteiger partial charge on any atom is 0.363 e. The van der Waals surface area contributed by atoms with Crippen molar-refractivity contribution in [2.24, 2.45) is 4.99 Å². The Hall–Kier alpha value is -1.63. The summed E-state index contributed by atoms with van der Waals surface area (Å²) in [6.07, 6.45) is 2.52. The smallest absolute Gasteiger partial charge is 0.363 e. The Morgan fingerprint density at radius 3 is 2.77 bits per heavy atom. The third-order valence-corrected chi connectivity index (χ3v) is 4.88. The van der Waals surface area contributed by atoms with Crippen molar-refractivity contribution in [3.05, 3.63) is 67.2 Å². The van der Waals surface area contributed by atoms with E-state index in [1.54, 1.807) is 30.3 Å². The number of nitrogens with zero attached hydrogens (tertiary/aromatic N) is 1. The molecular formula is C19H14Br2ClNO3. The summed E-state index contributed by atoms with van der Waals surface area (Å²) in [5.74, 6) is 0.311. The highest BCUT2D eigenvalue weighted by molar-refractivity contribution is 9.11. The van der Waals surface area contributed by atoms with Gasteiger partial charge in [0.15, 0.2) is 5.70 Å². The summed E-state index contributed by atoms with van der Waals surface area (Å²) in [6, 6.07) is 10.8. The number of aliphatic imine (C=N–C) groups is 1. The van der Waals surface area contributed by atoms with Crippen molar-refractivity contribution in [2.45, 2.75) is 13.3 Å². The molecule has 134 valence electrons. The number of halogens is 3. The Kier molecular flexibility index (Phi) is 6.16. The summed E-state index contributed by atoms with van der Waals surface area (Å²) in [6.45, 7) is 2.59. The fourth-order valence-electron chi connectivity index (χ4n) is 2.35. The third kappa shape index (κ3) is 4.19. The number of esters is 1. The second kappa shape index (κ2) is 8.37. The Labute approximate surface area is 173 Å². The maximum absolute atomic E-state index is 12.3. The van der Waals surface area contributed by atoms with E-state index < -0.39 is 5.97 Å². The summed E-state index contributed by atoms with van der Waals surface area (Å²) in [7, 11) is 0. The van der Waals surface area contributed by atoms with Gasteiger partial charge >= 0.3 is 5.97 Å². The van der Waals surface area contributed by atoms with Crippen molar-refractivity contribution < 1.29 is 14.3 Å². The van der Waals surface area contributed by atoms with E-state index in [0.29, 0.717) is 22.9 Å². The third-order valence-electron chi connectivity index (χ3n) is 3.50. The standard InChI is InChI=1S/C19H14Br2ClNO3/c1-2-7-25-17-11(8-12(20)10-14(17)21)9-16-19(24)26-18(23-16)13-5-3-4-6-15(13)22/h3-6,8-10H,2,7H2,1H3/b16-9-. The number of cyclic esters (lactones) is 1.